The SMILES string of the molecule is CN(C)c1ccc(/C=C2\Oc3cc(OC(=O)Cc4ccccc4)ccc3C2=O)cc1. The van der Waals surface area contributed by atoms with Crippen molar-refractivity contribution >= 4 is 23.5 Å². The molecule has 0 atom stereocenters. The molecule has 0 N–H and O–H groups in total. The third kappa shape index (κ3) is 4.25. The largest absolute Gasteiger partial charge is 0.452 e. The van der Waals surface area contributed by atoms with Crippen molar-refractivity contribution in [2.75, 3.05) is 19.0 Å². The van der Waals surface area contributed by atoms with Gasteiger partial charge in [0.2, 0.25) is 5.78 Å². The van der Waals surface area contributed by atoms with E-state index in [0.29, 0.717) is 17.1 Å². The van der Waals surface area contributed by atoms with Gasteiger partial charge in [0.05, 0.1) is 12.0 Å². The first-order valence-electron chi connectivity index (χ1n) is 9.60. The Balaban J connectivity index is 1.47. The standard InChI is InChI=1S/C25H21NO4/c1-26(2)19-10-8-18(9-11-19)14-23-25(28)21-13-12-20(16-22(21)30-23)29-24(27)15-17-6-4-3-5-7-17/h3-14,16H,15H2,1-2H3/b23-14-. The van der Waals surface area contributed by atoms with E-state index in [9.17, 15) is 9.59 Å². The van der Waals surface area contributed by atoms with E-state index in [1.807, 2.05) is 73.6 Å². The van der Waals surface area contributed by atoms with Crippen LogP contribution in [0.4, 0.5) is 5.69 Å². The highest BCUT2D eigenvalue weighted by Gasteiger charge is 2.28. The topological polar surface area (TPSA) is 55.8 Å². The number of ketones is 1. The zero-order chi connectivity index (χ0) is 21.1. The van der Waals surface area contributed by atoms with Gasteiger partial charge in [-0.3, -0.25) is 9.59 Å². The van der Waals surface area contributed by atoms with Gasteiger partial charge in [0.1, 0.15) is 11.5 Å². The summed E-state index contributed by atoms with van der Waals surface area (Å²) in [4.78, 5) is 26.8. The highest BCUT2D eigenvalue weighted by molar-refractivity contribution is 6.14. The van der Waals surface area contributed by atoms with E-state index in [4.69, 9.17) is 9.47 Å². The molecule has 0 radical (unpaired) electrons. The van der Waals surface area contributed by atoms with Gasteiger partial charge in [0.15, 0.2) is 5.76 Å². The molecule has 150 valence electrons. The Morgan fingerprint density at radius 3 is 2.43 bits per heavy atom. The molecule has 0 aromatic heterocycles. The number of Topliss-reactive ketones (excluding diaryl/α,β-unsaturated/α-hetero) is 1. The van der Waals surface area contributed by atoms with Gasteiger partial charge < -0.3 is 14.4 Å². The lowest BCUT2D eigenvalue weighted by atomic mass is 10.1. The van der Waals surface area contributed by atoms with E-state index in [-0.39, 0.29) is 23.9 Å². The minimum absolute atomic E-state index is 0.172. The van der Waals surface area contributed by atoms with Crippen LogP contribution >= 0.6 is 0 Å². The number of hydrogen-bond acceptors (Lipinski definition) is 5. The summed E-state index contributed by atoms with van der Waals surface area (Å²) in [5.74, 6) is 0.418. The molecule has 0 saturated heterocycles. The van der Waals surface area contributed by atoms with E-state index < -0.39 is 0 Å². The number of esters is 1. The summed E-state index contributed by atoms with van der Waals surface area (Å²) in [5.41, 5.74) is 3.27. The Morgan fingerprint density at radius 1 is 1.00 bits per heavy atom. The molecular weight excluding hydrogens is 378 g/mol. The summed E-state index contributed by atoms with van der Waals surface area (Å²) in [7, 11) is 3.94. The Bertz CT molecular complexity index is 1120. The average molecular weight is 399 g/mol. The molecule has 5 nitrogen and oxygen atoms in total. The Kier molecular flexibility index (Phi) is 5.35. The normalized spacial score (nSPS) is 13.7. The maximum absolute atomic E-state index is 12.6. The maximum atomic E-state index is 12.6. The zero-order valence-electron chi connectivity index (χ0n) is 16.8. The van der Waals surface area contributed by atoms with Crippen LogP contribution in [-0.2, 0) is 11.2 Å². The smallest absolute Gasteiger partial charge is 0.315 e. The summed E-state index contributed by atoms with van der Waals surface area (Å²) in [6.45, 7) is 0. The molecule has 0 amide bonds. The lowest BCUT2D eigenvalue weighted by Gasteiger charge is -2.11. The average Bonchev–Trinajstić information content (AvgIpc) is 3.04. The van der Waals surface area contributed by atoms with Gasteiger partial charge in [-0.05, 0) is 41.5 Å². The highest BCUT2D eigenvalue weighted by Crippen LogP contribution is 2.35. The molecule has 4 rings (SSSR count). The number of nitrogens with zero attached hydrogens (tertiary/aromatic N) is 1. The fraction of sp³-hybridized carbons (Fsp3) is 0.120. The number of hydrogen-bond donors (Lipinski definition) is 0. The molecule has 1 aliphatic rings. The number of carbonyl (C=O) groups excluding carboxylic acids is 2. The monoisotopic (exact) mass is 399 g/mol. The van der Waals surface area contributed by atoms with E-state index in [0.717, 1.165) is 16.8 Å². The molecule has 0 unspecified atom stereocenters. The first-order valence-corrected chi connectivity index (χ1v) is 9.60. The Labute approximate surface area is 175 Å². The molecule has 0 fully saturated rings. The van der Waals surface area contributed by atoms with E-state index in [2.05, 4.69) is 0 Å². The number of carbonyl (C=O) groups is 2. The highest BCUT2D eigenvalue weighted by atomic mass is 16.5. The minimum atomic E-state index is -0.373. The first-order chi connectivity index (χ1) is 14.5. The van der Waals surface area contributed by atoms with Gasteiger partial charge in [0, 0.05) is 25.8 Å². The third-order valence-electron chi connectivity index (χ3n) is 4.77. The molecule has 1 aliphatic heterocycles. The van der Waals surface area contributed by atoms with Crippen LogP contribution in [0.25, 0.3) is 6.08 Å². The fourth-order valence-electron chi connectivity index (χ4n) is 3.18. The molecule has 30 heavy (non-hydrogen) atoms. The second kappa shape index (κ2) is 8.25. The van der Waals surface area contributed by atoms with E-state index >= 15 is 0 Å². The van der Waals surface area contributed by atoms with Crippen molar-refractivity contribution in [2.24, 2.45) is 0 Å². The molecule has 0 spiro atoms. The number of rotatable bonds is 5. The van der Waals surface area contributed by atoms with E-state index in [1.165, 1.54) is 0 Å². The van der Waals surface area contributed by atoms with Gasteiger partial charge in [0.25, 0.3) is 0 Å². The number of anilines is 1. The summed E-state index contributed by atoms with van der Waals surface area (Å²) >= 11 is 0. The van der Waals surface area contributed by atoms with Gasteiger partial charge in [-0.15, -0.1) is 0 Å². The van der Waals surface area contributed by atoms with Crippen molar-refractivity contribution < 1.29 is 19.1 Å². The molecule has 0 bridgehead atoms. The molecule has 3 aromatic rings. The van der Waals surface area contributed by atoms with Crippen LogP contribution < -0.4 is 14.4 Å². The van der Waals surface area contributed by atoms with Crippen LogP contribution in [-0.4, -0.2) is 25.8 Å². The van der Waals surface area contributed by atoms with Gasteiger partial charge in [-0.2, -0.15) is 0 Å². The van der Waals surface area contributed by atoms with Crippen molar-refractivity contribution in [1.82, 2.24) is 0 Å². The van der Waals surface area contributed by atoms with Crippen LogP contribution in [0.1, 0.15) is 21.5 Å². The quantitative estimate of drug-likeness (QED) is 0.359. The van der Waals surface area contributed by atoms with Crippen LogP contribution in [0.15, 0.2) is 78.6 Å². The summed E-state index contributed by atoms with van der Waals surface area (Å²) in [5, 5.41) is 0. The van der Waals surface area contributed by atoms with Gasteiger partial charge >= 0.3 is 5.97 Å². The molecule has 1 heterocycles. The van der Waals surface area contributed by atoms with Crippen molar-refractivity contribution in [2.45, 2.75) is 6.42 Å². The molecule has 0 aliphatic carbocycles. The van der Waals surface area contributed by atoms with Crippen LogP contribution in [0, 0.1) is 0 Å². The number of fused-ring (bicyclic) bond motifs is 1. The number of ether oxygens (including phenoxy) is 2. The number of benzene rings is 3. The Morgan fingerprint density at radius 2 is 1.73 bits per heavy atom. The zero-order valence-corrected chi connectivity index (χ0v) is 16.8. The molecular formula is C25H21NO4. The van der Waals surface area contributed by atoms with Crippen molar-refractivity contribution in [1.29, 1.82) is 0 Å². The van der Waals surface area contributed by atoms with Gasteiger partial charge in [-0.1, -0.05) is 42.5 Å². The number of allylic oxidation sites excluding steroid dienone is 1. The predicted molar refractivity (Wildman–Crippen MR) is 116 cm³/mol. The second-order valence-electron chi connectivity index (χ2n) is 7.22. The summed E-state index contributed by atoms with van der Waals surface area (Å²) in [6, 6.07) is 22.0. The second-order valence-corrected chi connectivity index (χ2v) is 7.22. The van der Waals surface area contributed by atoms with Crippen molar-refractivity contribution in [3.63, 3.8) is 0 Å². The van der Waals surface area contributed by atoms with Crippen LogP contribution in [0.3, 0.4) is 0 Å². The third-order valence-corrected chi connectivity index (χ3v) is 4.77. The Hall–Kier alpha value is -3.86. The molecule has 0 saturated carbocycles. The van der Waals surface area contributed by atoms with E-state index in [1.54, 1.807) is 24.3 Å². The van der Waals surface area contributed by atoms with Crippen LogP contribution in [0.5, 0.6) is 11.5 Å². The van der Waals surface area contributed by atoms with Gasteiger partial charge in [-0.25, -0.2) is 0 Å². The lowest BCUT2D eigenvalue weighted by molar-refractivity contribution is -0.133. The summed E-state index contributed by atoms with van der Waals surface area (Å²) in [6.07, 6.45) is 1.88. The molecule has 3 aromatic carbocycles. The minimum Gasteiger partial charge on any atom is -0.452 e. The van der Waals surface area contributed by atoms with Crippen molar-refractivity contribution in [3.05, 3.63) is 95.2 Å². The first kappa shape index (κ1) is 19.5. The fourth-order valence-corrected chi connectivity index (χ4v) is 3.18. The predicted octanol–water partition coefficient (Wildman–Crippen LogP) is 4.52. The van der Waals surface area contributed by atoms with Crippen molar-refractivity contribution in [3.8, 4) is 11.5 Å². The maximum Gasteiger partial charge on any atom is 0.315 e. The lowest BCUT2D eigenvalue weighted by Crippen LogP contribution is -2.11. The summed E-state index contributed by atoms with van der Waals surface area (Å²) < 4.78 is 11.2. The molecule has 5 heteroatoms. The van der Waals surface area contributed by atoms with Crippen LogP contribution in [0.2, 0.25) is 0 Å².